The molecule has 0 amide bonds. The molecule has 1 aliphatic heterocycles. The van der Waals surface area contributed by atoms with Crippen molar-refractivity contribution in [3.05, 3.63) is 72.0 Å². The van der Waals surface area contributed by atoms with Crippen molar-refractivity contribution in [2.45, 2.75) is 0 Å². The zero-order valence-electron chi connectivity index (χ0n) is 10.5. The first-order valence-electron chi connectivity index (χ1n) is 6.05. The summed E-state index contributed by atoms with van der Waals surface area (Å²) >= 11 is 5.12. The van der Waals surface area contributed by atoms with Crippen LogP contribution in [-0.4, -0.2) is 9.21 Å². The zero-order chi connectivity index (χ0) is 13.9. The van der Waals surface area contributed by atoms with E-state index in [0.29, 0.717) is 11.4 Å². The second kappa shape index (κ2) is 5.18. The van der Waals surface area contributed by atoms with E-state index in [-0.39, 0.29) is 5.76 Å². The Kier molecular flexibility index (Phi) is 3.22. The van der Waals surface area contributed by atoms with Crippen LogP contribution < -0.4 is 10.5 Å². The zero-order valence-corrected chi connectivity index (χ0v) is 11.3. The number of nitrogens with one attached hydrogen (secondary N) is 1. The monoisotopic (exact) mass is 284 g/mol. The molecule has 0 saturated carbocycles. The number of hydrogen-bond donors (Lipinski definition) is 2. The predicted molar refractivity (Wildman–Crippen MR) is 78.1 cm³/mol. The lowest BCUT2D eigenvalue weighted by molar-refractivity contribution is -0.357. The first-order chi connectivity index (χ1) is 9.75. The van der Waals surface area contributed by atoms with Crippen molar-refractivity contribution in [1.82, 2.24) is 5.43 Å². The smallest absolute Gasteiger partial charge is 0.300 e. The highest BCUT2D eigenvalue weighted by Crippen LogP contribution is 2.22. The van der Waals surface area contributed by atoms with Crippen molar-refractivity contribution >= 4 is 24.3 Å². The van der Waals surface area contributed by atoms with Crippen LogP contribution in [0.3, 0.4) is 0 Å². The Hall–Kier alpha value is -2.60. The van der Waals surface area contributed by atoms with Gasteiger partial charge in [0.2, 0.25) is 0 Å². The Bertz CT molecular complexity index is 670. The van der Waals surface area contributed by atoms with E-state index in [4.69, 9.17) is 12.8 Å². The Morgan fingerprint density at radius 1 is 1.05 bits per heavy atom. The van der Waals surface area contributed by atoms with E-state index in [1.807, 2.05) is 48.5 Å². The lowest BCUT2D eigenvalue weighted by atomic mass is 10.2. The van der Waals surface area contributed by atoms with Crippen molar-refractivity contribution in [3.63, 3.8) is 0 Å². The van der Waals surface area contributed by atoms with Gasteiger partial charge in [0.25, 0.3) is 0 Å². The number of para-hydroxylation sites is 1. The molecule has 1 aliphatic rings. The van der Waals surface area contributed by atoms with Crippen LogP contribution in [0.5, 0.6) is 0 Å². The van der Waals surface area contributed by atoms with Crippen molar-refractivity contribution in [2.24, 2.45) is 5.22 Å². The van der Waals surface area contributed by atoms with E-state index < -0.39 is 0 Å². The fourth-order valence-electron chi connectivity index (χ4n) is 1.85. The number of aliphatic hydroxyl groups excluding tert-OH is 1. The van der Waals surface area contributed by atoms with Gasteiger partial charge < -0.3 is 17.9 Å². The van der Waals surface area contributed by atoms with Crippen LogP contribution in [0.25, 0.3) is 5.76 Å². The summed E-state index contributed by atoms with van der Waals surface area (Å²) in [6.07, 6.45) is 0. The predicted octanol–water partition coefficient (Wildman–Crippen LogP) is 2.74. The highest BCUT2D eigenvalue weighted by Gasteiger charge is 2.27. The minimum Gasteiger partial charge on any atom is -0.570 e. The maximum absolute atomic E-state index is 10.3. The molecule has 0 atom stereocenters. The van der Waals surface area contributed by atoms with Gasteiger partial charge in [-0.3, -0.25) is 0 Å². The molecule has 0 unspecified atom stereocenters. The summed E-state index contributed by atoms with van der Waals surface area (Å²) in [6, 6.07) is 18.7. The minimum atomic E-state index is 0.0581. The van der Waals surface area contributed by atoms with Gasteiger partial charge in [0.05, 0.1) is 5.22 Å². The van der Waals surface area contributed by atoms with Gasteiger partial charge in [0.15, 0.2) is 11.4 Å². The lowest BCUT2D eigenvalue weighted by Gasteiger charge is -2.06. The highest BCUT2D eigenvalue weighted by atomic mass is 32.1. The SMILES string of the molecule is OC(=C1NN(c2ccccc2)N=[N+]1[S-])c1ccccc1. The largest absolute Gasteiger partial charge is 0.570 e. The third-order valence-corrected chi connectivity index (χ3v) is 3.10. The molecular weight excluding hydrogens is 272 g/mol. The second-order valence-corrected chi connectivity index (χ2v) is 4.53. The molecule has 0 aromatic heterocycles. The molecule has 20 heavy (non-hydrogen) atoms. The second-order valence-electron chi connectivity index (χ2n) is 4.18. The molecule has 6 heteroatoms. The van der Waals surface area contributed by atoms with Gasteiger partial charge in [0, 0.05) is 5.56 Å². The number of nitrogens with zero attached hydrogens (tertiary/aromatic N) is 3. The Balaban J connectivity index is 1.93. The molecular formula is C14H12N4OS. The molecule has 100 valence electrons. The fourth-order valence-corrected chi connectivity index (χ4v) is 2.05. The van der Waals surface area contributed by atoms with Crippen LogP contribution in [0.15, 0.2) is 71.7 Å². The van der Waals surface area contributed by atoms with Crippen LogP contribution in [0.1, 0.15) is 5.56 Å². The lowest BCUT2D eigenvalue weighted by Crippen LogP contribution is -2.28. The van der Waals surface area contributed by atoms with E-state index in [2.05, 4.69) is 10.6 Å². The average molecular weight is 284 g/mol. The summed E-state index contributed by atoms with van der Waals surface area (Å²) in [5.74, 6) is 0.415. The summed E-state index contributed by atoms with van der Waals surface area (Å²) in [6.45, 7) is 0. The molecule has 2 aromatic rings. The Morgan fingerprint density at radius 2 is 1.65 bits per heavy atom. The first-order valence-corrected chi connectivity index (χ1v) is 6.41. The van der Waals surface area contributed by atoms with Crippen LogP contribution >= 0.6 is 0 Å². The van der Waals surface area contributed by atoms with Crippen molar-refractivity contribution in [2.75, 3.05) is 5.12 Å². The molecule has 0 spiro atoms. The van der Waals surface area contributed by atoms with E-state index in [1.165, 1.54) is 9.22 Å². The molecule has 5 nitrogen and oxygen atoms in total. The maximum atomic E-state index is 10.3. The van der Waals surface area contributed by atoms with Gasteiger partial charge in [-0.05, 0) is 17.3 Å². The summed E-state index contributed by atoms with van der Waals surface area (Å²) in [5, 5.41) is 15.9. The molecule has 3 rings (SSSR count). The van der Waals surface area contributed by atoms with Gasteiger partial charge in [-0.25, -0.2) is 4.10 Å². The Morgan fingerprint density at radius 3 is 2.30 bits per heavy atom. The van der Waals surface area contributed by atoms with Gasteiger partial charge in [-0.1, -0.05) is 48.5 Å². The molecule has 0 bridgehead atoms. The van der Waals surface area contributed by atoms with E-state index in [9.17, 15) is 5.11 Å². The normalized spacial score (nSPS) is 16.6. The van der Waals surface area contributed by atoms with Crippen LogP contribution in [0.2, 0.25) is 0 Å². The Labute approximate surface area is 122 Å². The van der Waals surface area contributed by atoms with Crippen LogP contribution in [0.4, 0.5) is 5.69 Å². The molecule has 2 N–H and O–H groups in total. The van der Waals surface area contributed by atoms with E-state index in [1.54, 1.807) is 12.1 Å². The average Bonchev–Trinajstić information content (AvgIpc) is 2.90. The maximum Gasteiger partial charge on any atom is 0.300 e. The van der Waals surface area contributed by atoms with Gasteiger partial charge in [-0.2, -0.15) is 0 Å². The number of aliphatic hydroxyl groups is 1. The molecule has 2 aromatic carbocycles. The molecule has 0 saturated heterocycles. The third-order valence-electron chi connectivity index (χ3n) is 2.85. The van der Waals surface area contributed by atoms with Gasteiger partial charge >= 0.3 is 5.82 Å². The first kappa shape index (κ1) is 12.4. The summed E-state index contributed by atoms with van der Waals surface area (Å²) in [4.78, 5) is 0. The minimum absolute atomic E-state index is 0.0581. The fraction of sp³-hybridized carbons (Fsp3) is 0. The number of benzene rings is 2. The van der Waals surface area contributed by atoms with Gasteiger partial charge in [0.1, 0.15) is 0 Å². The number of anilines is 1. The molecule has 0 aliphatic carbocycles. The number of hydrogen-bond acceptors (Lipinski definition) is 5. The third kappa shape index (κ3) is 2.28. The number of rotatable bonds is 2. The molecule has 1 heterocycles. The summed E-state index contributed by atoms with van der Waals surface area (Å²) in [7, 11) is 0. The standard InChI is InChI=1S/C14H12N4OS/c19-13(11-7-3-1-4-8-11)14-15-17(16-18(14)20)12-9-5-2-6-10-12/h1-10,15,19H. The van der Waals surface area contributed by atoms with Crippen molar-refractivity contribution in [3.8, 4) is 0 Å². The van der Waals surface area contributed by atoms with Crippen LogP contribution in [-0.2, 0) is 12.8 Å². The van der Waals surface area contributed by atoms with Crippen molar-refractivity contribution in [1.29, 1.82) is 0 Å². The summed E-state index contributed by atoms with van der Waals surface area (Å²) < 4.78 is 1.19. The van der Waals surface area contributed by atoms with Crippen LogP contribution in [0, 0.1) is 0 Å². The highest BCUT2D eigenvalue weighted by molar-refractivity contribution is 7.51. The quantitative estimate of drug-likeness (QED) is 0.506. The number of hydrazine groups is 1. The summed E-state index contributed by atoms with van der Waals surface area (Å²) in [5.41, 5.74) is 4.48. The van der Waals surface area contributed by atoms with E-state index >= 15 is 0 Å². The van der Waals surface area contributed by atoms with E-state index in [0.717, 1.165) is 5.69 Å². The topological polar surface area (TPSA) is 50.9 Å². The van der Waals surface area contributed by atoms with Crippen molar-refractivity contribution < 1.29 is 9.21 Å². The van der Waals surface area contributed by atoms with Gasteiger partial charge in [-0.15, -0.1) is 5.43 Å². The molecule has 0 fully saturated rings. The molecule has 0 radical (unpaired) electrons.